The SMILES string of the molecule is CCC(CC)(CBr)CCOC(C)(C)C. The van der Waals surface area contributed by atoms with Crippen molar-refractivity contribution in [1.82, 2.24) is 0 Å². The molecular weight excluding hydrogens is 240 g/mol. The minimum absolute atomic E-state index is 0.000461. The average Bonchev–Trinajstić information content (AvgIpc) is 2.11. The summed E-state index contributed by atoms with van der Waals surface area (Å²) in [6, 6.07) is 0. The zero-order valence-corrected chi connectivity index (χ0v) is 11.9. The largest absolute Gasteiger partial charge is 0.376 e. The van der Waals surface area contributed by atoms with E-state index in [0.717, 1.165) is 18.4 Å². The van der Waals surface area contributed by atoms with E-state index in [2.05, 4.69) is 50.5 Å². The smallest absolute Gasteiger partial charge is 0.0598 e. The molecule has 0 aliphatic heterocycles. The van der Waals surface area contributed by atoms with Gasteiger partial charge in [0.2, 0.25) is 0 Å². The van der Waals surface area contributed by atoms with Gasteiger partial charge in [0.15, 0.2) is 0 Å². The molecular formula is C12H25BrO. The maximum absolute atomic E-state index is 5.77. The van der Waals surface area contributed by atoms with Crippen molar-refractivity contribution < 1.29 is 4.74 Å². The van der Waals surface area contributed by atoms with Crippen LogP contribution in [0.4, 0.5) is 0 Å². The number of hydrogen-bond donors (Lipinski definition) is 0. The number of halogens is 1. The topological polar surface area (TPSA) is 9.23 Å². The monoisotopic (exact) mass is 264 g/mol. The first-order chi connectivity index (χ1) is 6.39. The van der Waals surface area contributed by atoms with E-state index in [0.29, 0.717) is 5.41 Å². The number of hydrogen-bond acceptors (Lipinski definition) is 1. The highest BCUT2D eigenvalue weighted by Crippen LogP contribution is 2.33. The van der Waals surface area contributed by atoms with Gasteiger partial charge in [-0.05, 0) is 45.4 Å². The Kier molecular flexibility index (Phi) is 6.31. The Hall–Kier alpha value is 0.440. The molecule has 86 valence electrons. The van der Waals surface area contributed by atoms with Gasteiger partial charge in [-0.3, -0.25) is 0 Å². The Morgan fingerprint density at radius 2 is 1.57 bits per heavy atom. The van der Waals surface area contributed by atoms with Gasteiger partial charge in [0.05, 0.1) is 5.60 Å². The molecule has 14 heavy (non-hydrogen) atoms. The van der Waals surface area contributed by atoms with E-state index in [9.17, 15) is 0 Å². The Balaban J connectivity index is 3.95. The lowest BCUT2D eigenvalue weighted by Gasteiger charge is -2.31. The summed E-state index contributed by atoms with van der Waals surface area (Å²) in [5.41, 5.74) is 0.435. The summed E-state index contributed by atoms with van der Waals surface area (Å²) in [6.07, 6.45) is 3.60. The molecule has 0 aromatic carbocycles. The van der Waals surface area contributed by atoms with Crippen LogP contribution in [0.15, 0.2) is 0 Å². The van der Waals surface area contributed by atoms with E-state index >= 15 is 0 Å². The highest BCUT2D eigenvalue weighted by atomic mass is 79.9. The van der Waals surface area contributed by atoms with E-state index in [1.807, 2.05) is 0 Å². The molecule has 0 bridgehead atoms. The molecule has 1 nitrogen and oxygen atoms in total. The molecule has 0 amide bonds. The van der Waals surface area contributed by atoms with E-state index in [1.165, 1.54) is 12.8 Å². The second kappa shape index (κ2) is 6.12. The minimum Gasteiger partial charge on any atom is -0.376 e. The van der Waals surface area contributed by atoms with Crippen molar-refractivity contribution in [3.63, 3.8) is 0 Å². The summed E-state index contributed by atoms with van der Waals surface area (Å²) in [5, 5.41) is 1.08. The molecule has 2 heteroatoms. The van der Waals surface area contributed by atoms with E-state index in [-0.39, 0.29) is 5.60 Å². The van der Waals surface area contributed by atoms with Gasteiger partial charge in [0.1, 0.15) is 0 Å². The summed E-state index contributed by atoms with van der Waals surface area (Å²) in [4.78, 5) is 0. The zero-order valence-electron chi connectivity index (χ0n) is 10.3. The number of rotatable bonds is 6. The second-order valence-electron chi connectivity index (χ2n) is 5.05. The predicted molar refractivity (Wildman–Crippen MR) is 67.1 cm³/mol. The lowest BCUT2D eigenvalue weighted by atomic mass is 9.82. The van der Waals surface area contributed by atoms with Crippen molar-refractivity contribution in [2.75, 3.05) is 11.9 Å². The summed E-state index contributed by atoms with van der Waals surface area (Å²) < 4.78 is 5.77. The molecule has 0 aromatic rings. The van der Waals surface area contributed by atoms with Crippen LogP contribution >= 0.6 is 15.9 Å². The quantitative estimate of drug-likeness (QED) is 0.647. The molecule has 0 spiro atoms. The van der Waals surface area contributed by atoms with Crippen molar-refractivity contribution >= 4 is 15.9 Å². The first kappa shape index (κ1) is 14.4. The van der Waals surface area contributed by atoms with Gasteiger partial charge >= 0.3 is 0 Å². The standard InChI is InChI=1S/C12H25BrO/c1-6-12(7-2,10-13)8-9-14-11(3,4)5/h6-10H2,1-5H3. The fourth-order valence-corrected chi connectivity index (χ4v) is 2.51. The fraction of sp³-hybridized carbons (Fsp3) is 1.00. The van der Waals surface area contributed by atoms with Gasteiger partial charge in [-0.2, -0.15) is 0 Å². The van der Waals surface area contributed by atoms with Gasteiger partial charge < -0.3 is 4.74 Å². The Morgan fingerprint density at radius 1 is 1.07 bits per heavy atom. The van der Waals surface area contributed by atoms with Crippen molar-refractivity contribution in [3.8, 4) is 0 Å². The summed E-state index contributed by atoms with van der Waals surface area (Å²) in [6.45, 7) is 11.7. The molecule has 0 saturated carbocycles. The van der Waals surface area contributed by atoms with Crippen LogP contribution in [-0.4, -0.2) is 17.5 Å². The van der Waals surface area contributed by atoms with E-state index in [1.54, 1.807) is 0 Å². The van der Waals surface area contributed by atoms with E-state index < -0.39 is 0 Å². The molecule has 0 radical (unpaired) electrons. The van der Waals surface area contributed by atoms with Gasteiger partial charge in [-0.1, -0.05) is 29.8 Å². The minimum atomic E-state index is -0.000461. The van der Waals surface area contributed by atoms with Gasteiger partial charge in [-0.15, -0.1) is 0 Å². The molecule has 0 unspecified atom stereocenters. The van der Waals surface area contributed by atoms with Gasteiger partial charge in [-0.25, -0.2) is 0 Å². The molecule has 0 aliphatic rings. The van der Waals surface area contributed by atoms with Crippen molar-refractivity contribution in [3.05, 3.63) is 0 Å². The number of alkyl halides is 1. The van der Waals surface area contributed by atoms with Crippen LogP contribution in [0.2, 0.25) is 0 Å². The van der Waals surface area contributed by atoms with Crippen molar-refractivity contribution in [1.29, 1.82) is 0 Å². The van der Waals surface area contributed by atoms with Crippen molar-refractivity contribution in [2.24, 2.45) is 5.41 Å². The fourth-order valence-electron chi connectivity index (χ4n) is 1.43. The molecule has 0 N–H and O–H groups in total. The molecule has 0 aromatic heterocycles. The molecule has 0 rings (SSSR count). The Morgan fingerprint density at radius 3 is 1.86 bits per heavy atom. The van der Waals surface area contributed by atoms with Gasteiger partial charge in [0, 0.05) is 11.9 Å². The van der Waals surface area contributed by atoms with Crippen LogP contribution in [0.1, 0.15) is 53.9 Å². The molecule has 0 aliphatic carbocycles. The lowest BCUT2D eigenvalue weighted by Crippen LogP contribution is -2.27. The Bertz CT molecular complexity index is 137. The van der Waals surface area contributed by atoms with E-state index in [4.69, 9.17) is 4.74 Å². The van der Waals surface area contributed by atoms with Crippen LogP contribution in [0, 0.1) is 5.41 Å². The lowest BCUT2D eigenvalue weighted by molar-refractivity contribution is -0.0173. The van der Waals surface area contributed by atoms with Crippen LogP contribution in [0.5, 0.6) is 0 Å². The van der Waals surface area contributed by atoms with Crippen LogP contribution in [0.3, 0.4) is 0 Å². The molecule has 0 heterocycles. The highest BCUT2D eigenvalue weighted by Gasteiger charge is 2.25. The third-order valence-electron chi connectivity index (χ3n) is 2.95. The third kappa shape index (κ3) is 5.35. The maximum atomic E-state index is 5.77. The zero-order chi connectivity index (χ0) is 11.2. The molecule has 0 fully saturated rings. The van der Waals surface area contributed by atoms with Gasteiger partial charge in [0.25, 0.3) is 0 Å². The normalized spacial score (nSPS) is 13.3. The van der Waals surface area contributed by atoms with Crippen LogP contribution < -0.4 is 0 Å². The summed E-state index contributed by atoms with van der Waals surface area (Å²) >= 11 is 3.62. The predicted octanol–water partition coefficient (Wildman–Crippen LogP) is 4.39. The molecule has 0 atom stereocenters. The summed E-state index contributed by atoms with van der Waals surface area (Å²) in [5.74, 6) is 0. The van der Waals surface area contributed by atoms with Crippen LogP contribution in [0.25, 0.3) is 0 Å². The third-order valence-corrected chi connectivity index (χ3v) is 4.14. The maximum Gasteiger partial charge on any atom is 0.0598 e. The average molecular weight is 265 g/mol. The second-order valence-corrected chi connectivity index (χ2v) is 5.61. The van der Waals surface area contributed by atoms with Crippen LogP contribution in [-0.2, 0) is 4.74 Å². The first-order valence-corrected chi connectivity index (χ1v) is 6.71. The highest BCUT2D eigenvalue weighted by molar-refractivity contribution is 9.09. The first-order valence-electron chi connectivity index (χ1n) is 5.59. The number of ether oxygens (including phenoxy) is 1. The van der Waals surface area contributed by atoms with Crippen molar-refractivity contribution in [2.45, 2.75) is 59.5 Å². The summed E-state index contributed by atoms with van der Waals surface area (Å²) in [7, 11) is 0. The molecule has 0 saturated heterocycles. The Labute approximate surface area is 97.7 Å².